The zero-order chi connectivity index (χ0) is 16.8. The Morgan fingerprint density at radius 3 is 2.42 bits per heavy atom. The quantitative estimate of drug-likeness (QED) is 0.885. The van der Waals surface area contributed by atoms with Gasteiger partial charge in [0, 0.05) is 39.8 Å². The SMILES string of the molecule is COCC1(C(=O)N2CCN(Cc3ccccc3)CC2)CCNCC1. The van der Waals surface area contributed by atoms with Crippen LogP contribution in [0.2, 0.25) is 0 Å². The summed E-state index contributed by atoms with van der Waals surface area (Å²) >= 11 is 0. The number of rotatable bonds is 5. The van der Waals surface area contributed by atoms with Gasteiger partial charge in [-0.1, -0.05) is 30.3 Å². The van der Waals surface area contributed by atoms with Crippen LogP contribution in [-0.2, 0) is 16.1 Å². The minimum absolute atomic E-state index is 0.296. The van der Waals surface area contributed by atoms with Gasteiger partial charge in [0.2, 0.25) is 5.91 Å². The van der Waals surface area contributed by atoms with E-state index in [1.54, 1.807) is 7.11 Å². The highest BCUT2D eigenvalue weighted by molar-refractivity contribution is 5.83. The Morgan fingerprint density at radius 1 is 1.12 bits per heavy atom. The smallest absolute Gasteiger partial charge is 0.231 e. The number of carbonyl (C=O) groups is 1. The number of methoxy groups -OCH3 is 1. The molecule has 2 aliphatic rings. The predicted molar refractivity (Wildman–Crippen MR) is 94.7 cm³/mol. The molecule has 132 valence electrons. The maximum Gasteiger partial charge on any atom is 0.231 e. The van der Waals surface area contributed by atoms with E-state index in [1.807, 2.05) is 6.07 Å². The lowest BCUT2D eigenvalue weighted by Gasteiger charge is -2.42. The van der Waals surface area contributed by atoms with Crippen LogP contribution in [0.1, 0.15) is 18.4 Å². The molecular weight excluding hydrogens is 302 g/mol. The van der Waals surface area contributed by atoms with Crippen molar-refractivity contribution >= 4 is 5.91 Å². The number of carbonyl (C=O) groups excluding carboxylic acids is 1. The van der Waals surface area contributed by atoms with Gasteiger partial charge in [-0.25, -0.2) is 0 Å². The second-order valence-corrected chi connectivity index (χ2v) is 7.02. The van der Waals surface area contributed by atoms with E-state index >= 15 is 0 Å². The molecule has 0 spiro atoms. The van der Waals surface area contributed by atoms with E-state index in [9.17, 15) is 4.79 Å². The minimum atomic E-state index is -0.318. The fraction of sp³-hybridized carbons (Fsp3) is 0.632. The van der Waals surface area contributed by atoms with Crippen LogP contribution in [0.25, 0.3) is 0 Å². The summed E-state index contributed by atoms with van der Waals surface area (Å²) in [5, 5.41) is 3.36. The normalized spacial score (nSPS) is 21.6. The standard InChI is InChI=1S/C19H29N3O2/c1-24-16-19(7-9-20-10-8-19)18(23)22-13-11-21(12-14-22)15-17-5-3-2-4-6-17/h2-6,20H,7-16H2,1H3. The second kappa shape index (κ2) is 8.10. The lowest BCUT2D eigenvalue weighted by Crippen LogP contribution is -2.56. The fourth-order valence-electron chi connectivity index (χ4n) is 3.89. The molecule has 1 aromatic carbocycles. The van der Waals surface area contributed by atoms with Crippen LogP contribution >= 0.6 is 0 Å². The first kappa shape index (κ1) is 17.4. The summed E-state index contributed by atoms with van der Waals surface area (Å²) in [5.74, 6) is 0.296. The van der Waals surface area contributed by atoms with Gasteiger partial charge in [0.25, 0.3) is 0 Å². The summed E-state index contributed by atoms with van der Waals surface area (Å²) in [6.07, 6.45) is 1.76. The number of hydrogen-bond donors (Lipinski definition) is 1. The summed E-state index contributed by atoms with van der Waals surface area (Å²) < 4.78 is 5.41. The molecule has 0 radical (unpaired) electrons. The zero-order valence-electron chi connectivity index (χ0n) is 14.7. The van der Waals surface area contributed by atoms with E-state index in [2.05, 4.69) is 39.4 Å². The van der Waals surface area contributed by atoms with Crippen LogP contribution in [0.4, 0.5) is 0 Å². The van der Waals surface area contributed by atoms with Crippen molar-refractivity contribution in [1.82, 2.24) is 15.1 Å². The number of benzene rings is 1. The summed E-state index contributed by atoms with van der Waals surface area (Å²) in [6.45, 7) is 6.86. The minimum Gasteiger partial charge on any atom is -0.384 e. The molecule has 2 aliphatic heterocycles. The molecule has 3 rings (SSSR count). The van der Waals surface area contributed by atoms with Gasteiger partial charge in [-0.3, -0.25) is 9.69 Å². The van der Waals surface area contributed by atoms with Crippen LogP contribution in [-0.4, -0.2) is 68.7 Å². The summed E-state index contributed by atoms with van der Waals surface area (Å²) in [5.41, 5.74) is 1.02. The Hall–Kier alpha value is -1.43. The Labute approximate surface area is 145 Å². The van der Waals surface area contributed by atoms with E-state index in [4.69, 9.17) is 4.74 Å². The number of piperidine rings is 1. The molecule has 0 atom stereocenters. The van der Waals surface area contributed by atoms with Crippen LogP contribution in [0, 0.1) is 5.41 Å². The van der Waals surface area contributed by atoms with Crippen LogP contribution in [0.3, 0.4) is 0 Å². The molecule has 0 unspecified atom stereocenters. The van der Waals surface area contributed by atoms with E-state index in [0.717, 1.165) is 58.7 Å². The van der Waals surface area contributed by atoms with Crippen molar-refractivity contribution < 1.29 is 9.53 Å². The summed E-state index contributed by atoms with van der Waals surface area (Å²) in [4.78, 5) is 17.6. The first-order valence-corrected chi connectivity index (χ1v) is 8.99. The van der Waals surface area contributed by atoms with E-state index in [1.165, 1.54) is 5.56 Å². The van der Waals surface area contributed by atoms with Crippen molar-refractivity contribution in [2.45, 2.75) is 19.4 Å². The number of nitrogens with one attached hydrogen (secondary N) is 1. The maximum atomic E-state index is 13.1. The first-order chi connectivity index (χ1) is 11.7. The van der Waals surface area contributed by atoms with Crippen molar-refractivity contribution in [3.63, 3.8) is 0 Å². The van der Waals surface area contributed by atoms with Gasteiger partial charge in [0.05, 0.1) is 12.0 Å². The molecule has 1 amide bonds. The van der Waals surface area contributed by atoms with Gasteiger partial charge >= 0.3 is 0 Å². The molecule has 0 bridgehead atoms. The third-order valence-corrected chi connectivity index (χ3v) is 5.34. The summed E-state index contributed by atoms with van der Waals surface area (Å²) in [7, 11) is 1.70. The third kappa shape index (κ3) is 3.97. The topological polar surface area (TPSA) is 44.8 Å². The highest BCUT2D eigenvalue weighted by Gasteiger charge is 2.42. The van der Waals surface area contributed by atoms with Crippen molar-refractivity contribution in [1.29, 1.82) is 0 Å². The number of ether oxygens (including phenoxy) is 1. The van der Waals surface area contributed by atoms with Crippen LogP contribution < -0.4 is 5.32 Å². The van der Waals surface area contributed by atoms with Gasteiger partial charge < -0.3 is 15.0 Å². The molecule has 0 aliphatic carbocycles. The van der Waals surface area contributed by atoms with Gasteiger partial charge in [-0.2, -0.15) is 0 Å². The number of hydrogen-bond acceptors (Lipinski definition) is 4. The lowest BCUT2D eigenvalue weighted by molar-refractivity contribution is -0.149. The molecular formula is C19H29N3O2. The average molecular weight is 331 g/mol. The van der Waals surface area contributed by atoms with Crippen molar-refractivity contribution in [2.24, 2.45) is 5.41 Å². The molecule has 1 N–H and O–H groups in total. The Balaban J connectivity index is 1.56. The van der Waals surface area contributed by atoms with Crippen molar-refractivity contribution in [3.05, 3.63) is 35.9 Å². The Morgan fingerprint density at radius 2 is 1.79 bits per heavy atom. The first-order valence-electron chi connectivity index (χ1n) is 8.99. The van der Waals surface area contributed by atoms with Crippen molar-refractivity contribution in [3.8, 4) is 0 Å². The predicted octanol–water partition coefficient (Wildman–Crippen LogP) is 1.35. The van der Waals surface area contributed by atoms with Gasteiger partial charge in [-0.15, -0.1) is 0 Å². The van der Waals surface area contributed by atoms with Crippen molar-refractivity contribution in [2.75, 3.05) is 53.0 Å². The molecule has 2 saturated heterocycles. The van der Waals surface area contributed by atoms with E-state index in [0.29, 0.717) is 12.5 Å². The molecule has 1 aromatic rings. The van der Waals surface area contributed by atoms with Gasteiger partial charge in [0.15, 0.2) is 0 Å². The van der Waals surface area contributed by atoms with Gasteiger partial charge in [0.1, 0.15) is 0 Å². The molecule has 24 heavy (non-hydrogen) atoms. The van der Waals surface area contributed by atoms with Gasteiger partial charge in [-0.05, 0) is 31.5 Å². The highest BCUT2D eigenvalue weighted by atomic mass is 16.5. The van der Waals surface area contributed by atoms with Crippen LogP contribution in [0.15, 0.2) is 30.3 Å². The van der Waals surface area contributed by atoms with Crippen LogP contribution in [0.5, 0.6) is 0 Å². The lowest BCUT2D eigenvalue weighted by atomic mass is 9.78. The molecule has 2 fully saturated rings. The molecule has 5 nitrogen and oxygen atoms in total. The maximum absolute atomic E-state index is 13.1. The zero-order valence-corrected chi connectivity index (χ0v) is 14.7. The number of amides is 1. The van der Waals surface area contributed by atoms with E-state index in [-0.39, 0.29) is 5.41 Å². The highest BCUT2D eigenvalue weighted by Crippen LogP contribution is 2.32. The molecule has 2 heterocycles. The Bertz CT molecular complexity index is 515. The second-order valence-electron chi connectivity index (χ2n) is 7.02. The summed E-state index contributed by atoms with van der Waals surface area (Å²) in [6, 6.07) is 10.6. The van der Waals surface area contributed by atoms with E-state index < -0.39 is 0 Å². The molecule has 0 saturated carbocycles. The fourth-order valence-corrected chi connectivity index (χ4v) is 3.89. The third-order valence-electron chi connectivity index (χ3n) is 5.34. The monoisotopic (exact) mass is 331 g/mol. The molecule has 5 heteroatoms. The molecule has 0 aromatic heterocycles. The Kier molecular flexibility index (Phi) is 5.87. The average Bonchev–Trinajstić information content (AvgIpc) is 2.64. The number of piperazine rings is 1. The largest absolute Gasteiger partial charge is 0.384 e. The number of nitrogens with zero attached hydrogens (tertiary/aromatic N) is 2.